The lowest BCUT2D eigenvalue weighted by atomic mass is 9.91. The predicted molar refractivity (Wildman–Crippen MR) is 123 cm³/mol. The lowest BCUT2D eigenvalue weighted by Gasteiger charge is -2.35. The first-order chi connectivity index (χ1) is 15.5. The number of rotatable bonds is 10. The van der Waals surface area contributed by atoms with Gasteiger partial charge in [0, 0.05) is 43.5 Å². The predicted octanol–water partition coefficient (Wildman–Crippen LogP) is 4.29. The molecule has 0 bridgehead atoms. The second kappa shape index (κ2) is 11.6. The number of carboxylic acid groups (broad SMARTS) is 1. The minimum atomic E-state index is -0.850. The number of methoxy groups -OCH3 is 1. The molecule has 1 aliphatic heterocycles. The number of hydrogen-bond acceptors (Lipinski definition) is 6. The van der Waals surface area contributed by atoms with Gasteiger partial charge in [-0.15, -0.1) is 0 Å². The van der Waals surface area contributed by atoms with Crippen LogP contribution < -0.4 is 5.32 Å². The average molecular weight is 438 g/mol. The highest BCUT2D eigenvalue weighted by molar-refractivity contribution is 5.69. The van der Waals surface area contributed by atoms with Crippen LogP contribution in [0.1, 0.15) is 48.4 Å². The third-order valence-corrected chi connectivity index (χ3v) is 5.86. The molecule has 0 spiro atoms. The Kier molecular flexibility index (Phi) is 8.63. The first-order valence-electron chi connectivity index (χ1n) is 11.0. The molecule has 7 heteroatoms. The number of morpholine rings is 1. The van der Waals surface area contributed by atoms with Gasteiger partial charge < -0.3 is 19.9 Å². The van der Waals surface area contributed by atoms with Crippen molar-refractivity contribution >= 4 is 17.3 Å². The molecule has 0 aromatic heterocycles. The Bertz CT molecular complexity index is 933. The van der Waals surface area contributed by atoms with Crippen molar-refractivity contribution in [3.8, 4) is 6.07 Å². The third-order valence-electron chi connectivity index (χ3n) is 5.86. The maximum Gasteiger partial charge on any atom is 0.304 e. The largest absolute Gasteiger partial charge is 0.481 e. The zero-order chi connectivity index (χ0) is 22.9. The number of carbonyl (C=O) groups is 1. The maximum absolute atomic E-state index is 11.4. The minimum Gasteiger partial charge on any atom is -0.481 e. The van der Waals surface area contributed by atoms with Gasteiger partial charge in [0.2, 0.25) is 0 Å². The molecule has 1 saturated heterocycles. The Morgan fingerprint density at radius 2 is 1.97 bits per heavy atom. The van der Waals surface area contributed by atoms with Crippen LogP contribution in [-0.4, -0.2) is 56.0 Å². The van der Waals surface area contributed by atoms with Crippen LogP contribution in [0.15, 0.2) is 42.5 Å². The summed E-state index contributed by atoms with van der Waals surface area (Å²) < 4.78 is 10.8. The fraction of sp³-hybridized carbons (Fsp3) is 0.440. The smallest absolute Gasteiger partial charge is 0.304 e. The number of nitrogens with one attached hydrogen (secondary N) is 1. The molecular weight excluding hydrogens is 406 g/mol. The molecule has 1 heterocycles. The SMILES string of the molecule is CC[C@H](c1ccc(C(COC)CC(=O)O)cc1Nc1ccc(C#N)cc1)N1CCOCC1. The van der Waals surface area contributed by atoms with Gasteiger partial charge in [-0.25, -0.2) is 0 Å². The lowest BCUT2D eigenvalue weighted by Crippen LogP contribution is -2.39. The minimum absolute atomic E-state index is 0.00413. The van der Waals surface area contributed by atoms with E-state index in [1.54, 1.807) is 19.2 Å². The van der Waals surface area contributed by atoms with E-state index >= 15 is 0 Å². The summed E-state index contributed by atoms with van der Waals surface area (Å²) in [6.45, 7) is 5.72. The molecule has 0 saturated carbocycles. The Morgan fingerprint density at radius 1 is 1.25 bits per heavy atom. The van der Waals surface area contributed by atoms with Gasteiger partial charge in [0.1, 0.15) is 0 Å². The fourth-order valence-corrected chi connectivity index (χ4v) is 4.26. The van der Waals surface area contributed by atoms with E-state index in [1.807, 2.05) is 24.3 Å². The van der Waals surface area contributed by atoms with E-state index in [4.69, 9.17) is 14.7 Å². The van der Waals surface area contributed by atoms with Crippen molar-refractivity contribution in [2.75, 3.05) is 45.3 Å². The Hall–Kier alpha value is -2.92. The van der Waals surface area contributed by atoms with Crippen LogP contribution in [0.4, 0.5) is 11.4 Å². The summed E-state index contributed by atoms with van der Waals surface area (Å²) in [5.74, 6) is -1.09. The van der Waals surface area contributed by atoms with Gasteiger partial charge in [0.05, 0.1) is 37.9 Å². The second-order valence-electron chi connectivity index (χ2n) is 7.98. The van der Waals surface area contributed by atoms with Crippen LogP contribution >= 0.6 is 0 Å². The number of hydrogen-bond donors (Lipinski definition) is 2. The zero-order valence-corrected chi connectivity index (χ0v) is 18.7. The molecule has 2 aromatic carbocycles. The quantitative estimate of drug-likeness (QED) is 0.572. The van der Waals surface area contributed by atoms with Gasteiger partial charge in [-0.3, -0.25) is 9.69 Å². The maximum atomic E-state index is 11.4. The summed E-state index contributed by atoms with van der Waals surface area (Å²) in [5.41, 5.74) is 4.50. The first-order valence-corrected chi connectivity index (χ1v) is 11.0. The van der Waals surface area contributed by atoms with Gasteiger partial charge in [-0.2, -0.15) is 5.26 Å². The van der Waals surface area contributed by atoms with Crippen molar-refractivity contribution in [3.63, 3.8) is 0 Å². The molecular formula is C25H31N3O4. The first kappa shape index (κ1) is 23.7. The zero-order valence-electron chi connectivity index (χ0n) is 18.7. The molecule has 3 rings (SSSR count). The lowest BCUT2D eigenvalue weighted by molar-refractivity contribution is -0.137. The summed E-state index contributed by atoms with van der Waals surface area (Å²) in [6.07, 6.45) is 0.947. The number of benzene rings is 2. The molecule has 1 fully saturated rings. The molecule has 0 radical (unpaired) electrons. The van der Waals surface area contributed by atoms with Crippen molar-refractivity contribution in [1.29, 1.82) is 5.26 Å². The molecule has 1 aliphatic rings. The summed E-state index contributed by atoms with van der Waals surface area (Å²) in [4.78, 5) is 13.8. The van der Waals surface area contributed by atoms with E-state index in [0.717, 1.165) is 55.2 Å². The van der Waals surface area contributed by atoms with Crippen molar-refractivity contribution in [2.45, 2.75) is 31.7 Å². The number of nitrogens with zero attached hydrogens (tertiary/aromatic N) is 2. The molecule has 0 amide bonds. The number of nitriles is 1. The molecule has 7 nitrogen and oxygen atoms in total. The Labute approximate surface area is 189 Å². The number of anilines is 2. The molecule has 32 heavy (non-hydrogen) atoms. The summed E-state index contributed by atoms with van der Waals surface area (Å²) in [6, 6.07) is 15.9. The van der Waals surface area contributed by atoms with Crippen molar-refractivity contribution in [1.82, 2.24) is 4.90 Å². The van der Waals surface area contributed by atoms with E-state index < -0.39 is 5.97 Å². The van der Waals surface area contributed by atoms with Crippen molar-refractivity contribution in [2.24, 2.45) is 0 Å². The van der Waals surface area contributed by atoms with E-state index in [0.29, 0.717) is 12.2 Å². The standard InChI is InChI=1S/C25H31N3O4/c1-3-24(28-10-12-32-13-11-28)22-9-6-19(20(17-31-2)15-25(29)30)14-23(22)27-21-7-4-18(16-26)5-8-21/h4-9,14,20,24,27H,3,10-13,15,17H2,1-2H3,(H,29,30)/t20?,24-/m1/s1. The highest BCUT2D eigenvalue weighted by atomic mass is 16.5. The van der Waals surface area contributed by atoms with Gasteiger partial charge in [-0.1, -0.05) is 19.1 Å². The Balaban J connectivity index is 1.99. The van der Waals surface area contributed by atoms with Gasteiger partial charge in [0.15, 0.2) is 0 Å². The molecule has 1 unspecified atom stereocenters. The molecule has 2 atom stereocenters. The normalized spacial score (nSPS) is 16.2. The van der Waals surface area contributed by atoms with Gasteiger partial charge in [0.25, 0.3) is 0 Å². The van der Waals surface area contributed by atoms with Gasteiger partial charge in [-0.05, 0) is 47.9 Å². The highest BCUT2D eigenvalue weighted by Crippen LogP contribution is 2.35. The van der Waals surface area contributed by atoms with Crippen molar-refractivity contribution in [3.05, 3.63) is 59.2 Å². The molecule has 170 valence electrons. The van der Waals surface area contributed by atoms with Crippen LogP contribution in [0.2, 0.25) is 0 Å². The van der Waals surface area contributed by atoms with E-state index in [-0.39, 0.29) is 18.4 Å². The topological polar surface area (TPSA) is 94.8 Å². The van der Waals surface area contributed by atoms with Crippen LogP contribution in [0.25, 0.3) is 0 Å². The summed E-state index contributed by atoms with van der Waals surface area (Å²) in [5, 5.41) is 22.0. The number of aliphatic carboxylic acids is 1. The summed E-state index contributed by atoms with van der Waals surface area (Å²) in [7, 11) is 1.59. The van der Waals surface area contributed by atoms with Crippen LogP contribution in [0.3, 0.4) is 0 Å². The Morgan fingerprint density at radius 3 is 2.56 bits per heavy atom. The van der Waals surface area contributed by atoms with Crippen LogP contribution in [0.5, 0.6) is 0 Å². The number of ether oxygens (including phenoxy) is 2. The second-order valence-corrected chi connectivity index (χ2v) is 7.98. The summed E-state index contributed by atoms with van der Waals surface area (Å²) >= 11 is 0. The molecule has 0 aliphatic carbocycles. The van der Waals surface area contributed by atoms with E-state index in [9.17, 15) is 9.90 Å². The monoisotopic (exact) mass is 437 g/mol. The molecule has 2 aromatic rings. The van der Waals surface area contributed by atoms with Gasteiger partial charge >= 0.3 is 5.97 Å². The third kappa shape index (κ3) is 6.07. The molecule has 2 N–H and O–H groups in total. The highest BCUT2D eigenvalue weighted by Gasteiger charge is 2.25. The van der Waals surface area contributed by atoms with Crippen molar-refractivity contribution < 1.29 is 19.4 Å². The van der Waals surface area contributed by atoms with E-state index in [2.05, 4.69) is 29.3 Å². The number of carboxylic acids is 1. The van der Waals surface area contributed by atoms with E-state index in [1.165, 1.54) is 0 Å². The van der Waals surface area contributed by atoms with Crippen LogP contribution in [-0.2, 0) is 14.3 Å². The van der Waals surface area contributed by atoms with Crippen LogP contribution in [0, 0.1) is 11.3 Å². The average Bonchev–Trinajstić information content (AvgIpc) is 2.81. The fourth-order valence-electron chi connectivity index (χ4n) is 4.26.